The van der Waals surface area contributed by atoms with E-state index in [1.54, 1.807) is 6.07 Å². The summed E-state index contributed by atoms with van der Waals surface area (Å²) >= 11 is 2.01. The van der Waals surface area contributed by atoms with Crippen LogP contribution in [0.1, 0.15) is 36.7 Å². The van der Waals surface area contributed by atoms with Gasteiger partial charge in [0.2, 0.25) is 0 Å². The molecule has 1 unspecified atom stereocenters. The Morgan fingerprint density at radius 1 is 1.45 bits per heavy atom. The van der Waals surface area contributed by atoms with Crippen LogP contribution in [0.15, 0.2) is 12.1 Å². The molecule has 0 saturated carbocycles. The minimum absolute atomic E-state index is 0.255. The van der Waals surface area contributed by atoms with Gasteiger partial charge >= 0.3 is 5.97 Å². The molecule has 20 heavy (non-hydrogen) atoms. The van der Waals surface area contributed by atoms with E-state index >= 15 is 0 Å². The van der Waals surface area contributed by atoms with Crippen LogP contribution in [0.25, 0.3) is 0 Å². The van der Waals surface area contributed by atoms with Gasteiger partial charge < -0.3 is 9.64 Å². The molecule has 0 aliphatic carbocycles. The first-order chi connectivity index (χ1) is 9.74. The lowest BCUT2D eigenvalue weighted by atomic mass is 10.2. The largest absolute Gasteiger partial charge is 0.464 e. The number of methoxy groups -OCH3 is 1. The fraction of sp³-hybridized carbons (Fsp3) is 0.643. The summed E-state index contributed by atoms with van der Waals surface area (Å²) in [7, 11) is 1.35. The van der Waals surface area contributed by atoms with Crippen molar-refractivity contribution in [2.75, 3.05) is 30.9 Å². The molecule has 1 aromatic rings. The first kappa shape index (κ1) is 15.1. The standard InChI is InChI=1S/C14H21N3O2S/c1-3-20-11-6-4-5-9-17(10-11)13-8-7-12(15-16-13)14(18)19-2/h7-8,11H,3-6,9-10H2,1-2H3. The van der Waals surface area contributed by atoms with E-state index in [0.29, 0.717) is 5.25 Å². The number of anilines is 1. The predicted octanol–water partition coefficient (Wildman–Crippen LogP) is 2.38. The van der Waals surface area contributed by atoms with E-state index in [1.807, 2.05) is 17.8 Å². The van der Waals surface area contributed by atoms with Crippen molar-refractivity contribution in [2.24, 2.45) is 0 Å². The molecule has 1 aromatic heterocycles. The smallest absolute Gasteiger partial charge is 0.358 e. The lowest BCUT2D eigenvalue weighted by molar-refractivity contribution is 0.0592. The minimum atomic E-state index is -0.445. The molecule has 6 heteroatoms. The third kappa shape index (κ3) is 3.85. The highest BCUT2D eigenvalue weighted by molar-refractivity contribution is 7.99. The van der Waals surface area contributed by atoms with Gasteiger partial charge in [0.05, 0.1) is 7.11 Å². The van der Waals surface area contributed by atoms with Crippen molar-refractivity contribution in [3.8, 4) is 0 Å². The number of hydrogen-bond donors (Lipinski definition) is 0. The zero-order chi connectivity index (χ0) is 14.4. The molecule has 2 rings (SSSR count). The van der Waals surface area contributed by atoms with Crippen LogP contribution in [-0.4, -0.2) is 47.4 Å². The summed E-state index contributed by atoms with van der Waals surface area (Å²) in [6.07, 6.45) is 3.71. The van der Waals surface area contributed by atoms with Crippen LogP contribution in [0.3, 0.4) is 0 Å². The maximum absolute atomic E-state index is 11.4. The molecular weight excluding hydrogens is 274 g/mol. The fourth-order valence-electron chi connectivity index (χ4n) is 2.39. The molecule has 110 valence electrons. The van der Waals surface area contributed by atoms with Crippen LogP contribution in [0, 0.1) is 0 Å². The van der Waals surface area contributed by atoms with Crippen LogP contribution in [0.4, 0.5) is 5.82 Å². The number of rotatable bonds is 4. The lowest BCUT2D eigenvalue weighted by Gasteiger charge is -2.24. The third-order valence-electron chi connectivity index (χ3n) is 3.40. The monoisotopic (exact) mass is 295 g/mol. The number of hydrogen-bond acceptors (Lipinski definition) is 6. The molecule has 1 fully saturated rings. The van der Waals surface area contributed by atoms with Crippen LogP contribution in [0.5, 0.6) is 0 Å². The Hall–Kier alpha value is -1.30. The van der Waals surface area contributed by atoms with Crippen LogP contribution in [0.2, 0.25) is 0 Å². The SMILES string of the molecule is CCSC1CCCCN(c2ccc(C(=O)OC)nn2)C1. The van der Waals surface area contributed by atoms with Crippen molar-refractivity contribution in [1.82, 2.24) is 10.2 Å². The summed E-state index contributed by atoms with van der Waals surface area (Å²) in [5.74, 6) is 1.55. The van der Waals surface area contributed by atoms with E-state index in [-0.39, 0.29) is 5.69 Å². The van der Waals surface area contributed by atoms with Crippen molar-refractivity contribution in [1.29, 1.82) is 0 Å². The number of nitrogens with zero attached hydrogens (tertiary/aromatic N) is 3. The van der Waals surface area contributed by atoms with Gasteiger partial charge in [-0.15, -0.1) is 10.2 Å². The van der Waals surface area contributed by atoms with Crippen molar-refractivity contribution in [2.45, 2.75) is 31.4 Å². The van der Waals surface area contributed by atoms with Crippen molar-refractivity contribution in [3.05, 3.63) is 17.8 Å². The quantitative estimate of drug-likeness (QED) is 0.795. The summed E-state index contributed by atoms with van der Waals surface area (Å²) < 4.78 is 4.63. The van der Waals surface area contributed by atoms with Gasteiger partial charge in [-0.3, -0.25) is 0 Å². The lowest BCUT2D eigenvalue weighted by Crippen LogP contribution is -2.30. The van der Waals surface area contributed by atoms with Gasteiger partial charge in [0.1, 0.15) is 0 Å². The highest BCUT2D eigenvalue weighted by Gasteiger charge is 2.20. The van der Waals surface area contributed by atoms with E-state index in [9.17, 15) is 4.79 Å². The molecule has 1 saturated heterocycles. The van der Waals surface area contributed by atoms with Gasteiger partial charge in [-0.2, -0.15) is 11.8 Å². The minimum Gasteiger partial charge on any atom is -0.464 e. The maximum Gasteiger partial charge on any atom is 0.358 e. The van der Waals surface area contributed by atoms with E-state index in [1.165, 1.54) is 26.4 Å². The van der Waals surface area contributed by atoms with E-state index in [0.717, 1.165) is 24.7 Å². The Kier molecular flexibility index (Phi) is 5.64. The molecule has 0 spiro atoms. The Balaban J connectivity index is 2.07. The molecule has 0 radical (unpaired) electrons. The molecule has 1 atom stereocenters. The van der Waals surface area contributed by atoms with Crippen LogP contribution >= 0.6 is 11.8 Å². The van der Waals surface area contributed by atoms with E-state index in [2.05, 4.69) is 26.8 Å². The van der Waals surface area contributed by atoms with Gasteiger partial charge in [0, 0.05) is 18.3 Å². The first-order valence-corrected chi connectivity index (χ1v) is 8.08. The van der Waals surface area contributed by atoms with E-state index in [4.69, 9.17) is 0 Å². The van der Waals surface area contributed by atoms with Gasteiger partial charge in [-0.1, -0.05) is 13.3 Å². The van der Waals surface area contributed by atoms with Crippen LogP contribution in [-0.2, 0) is 4.74 Å². The number of carbonyl (C=O) groups is 1. The Labute approximate surface area is 124 Å². The van der Waals surface area contributed by atoms with Crippen molar-refractivity contribution in [3.63, 3.8) is 0 Å². The summed E-state index contributed by atoms with van der Waals surface area (Å²) in [5.41, 5.74) is 0.255. The molecule has 0 aromatic carbocycles. The topological polar surface area (TPSA) is 55.3 Å². The second kappa shape index (κ2) is 7.47. The van der Waals surface area contributed by atoms with Gasteiger partial charge in [-0.25, -0.2) is 4.79 Å². The summed E-state index contributed by atoms with van der Waals surface area (Å²) in [5, 5.41) is 8.78. The zero-order valence-corrected chi connectivity index (χ0v) is 12.9. The average Bonchev–Trinajstić information content (AvgIpc) is 2.73. The molecule has 2 heterocycles. The van der Waals surface area contributed by atoms with Gasteiger partial charge in [-0.05, 0) is 30.7 Å². The fourth-order valence-corrected chi connectivity index (χ4v) is 3.48. The highest BCUT2D eigenvalue weighted by atomic mass is 32.2. The zero-order valence-electron chi connectivity index (χ0n) is 12.0. The van der Waals surface area contributed by atoms with E-state index < -0.39 is 5.97 Å². The normalized spacial score (nSPS) is 19.5. The van der Waals surface area contributed by atoms with Crippen molar-refractivity contribution < 1.29 is 9.53 Å². The second-order valence-corrected chi connectivity index (χ2v) is 6.36. The first-order valence-electron chi connectivity index (χ1n) is 7.03. The molecule has 0 amide bonds. The average molecular weight is 295 g/mol. The molecule has 1 aliphatic rings. The maximum atomic E-state index is 11.4. The van der Waals surface area contributed by atoms with Gasteiger partial charge in [0.25, 0.3) is 0 Å². The van der Waals surface area contributed by atoms with Crippen LogP contribution < -0.4 is 4.90 Å². The molecule has 5 nitrogen and oxygen atoms in total. The second-order valence-electron chi connectivity index (χ2n) is 4.79. The summed E-state index contributed by atoms with van der Waals surface area (Å²) in [6.45, 7) is 4.21. The molecule has 0 N–H and O–H groups in total. The Morgan fingerprint density at radius 2 is 2.30 bits per heavy atom. The molecule has 0 bridgehead atoms. The number of esters is 1. The number of aromatic nitrogens is 2. The van der Waals surface area contributed by atoms with Gasteiger partial charge in [0.15, 0.2) is 11.5 Å². The summed E-state index contributed by atoms with van der Waals surface area (Å²) in [6, 6.07) is 3.54. The number of thioether (sulfide) groups is 1. The molecular formula is C14H21N3O2S. The van der Waals surface area contributed by atoms with Crippen molar-refractivity contribution >= 4 is 23.5 Å². The Bertz CT molecular complexity index is 439. The summed E-state index contributed by atoms with van der Waals surface area (Å²) in [4.78, 5) is 13.6. The Morgan fingerprint density at radius 3 is 2.95 bits per heavy atom. The predicted molar refractivity (Wildman–Crippen MR) is 81.4 cm³/mol. The third-order valence-corrected chi connectivity index (χ3v) is 4.59. The highest BCUT2D eigenvalue weighted by Crippen LogP contribution is 2.24. The number of ether oxygens (including phenoxy) is 1. The number of carbonyl (C=O) groups excluding carboxylic acids is 1. The molecule has 1 aliphatic heterocycles.